The largest absolute Gasteiger partial charge is 0.367 e. The molecule has 0 unspecified atom stereocenters. The molecular formula is C37H66N2O4. The molecule has 4 saturated carbocycles. The van der Waals surface area contributed by atoms with Crippen LogP contribution in [0, 0.1) is 29.1 Å². The highest BCUT2D eigenvalue weighted by atomic mass is 16.5. The number of hydrogen-bond acceptors (Lipinski definition) is 4. The normalized spacial score (nSPS) is 22.9. The van der Waals surface area contributed by atoms with Crippen molar-refractivity contribution in [2.45, 2.75) is 179 Å². The summed E-state index contributed by atoms with van der Waals surface area (Å²) in [6.45, 7) is 5.40. The maximum absolute atomic E-state index is 13.7. The molecule has 0 saturated heterocycles. The molecule has 0 aromatic carbocycles. The first-order valence-electron chi connectivity index (χ1n) is 18.7. The van der Waals surface area contributed by atoms with E-state index >= 15 is 0 Å². The second-order valence-electron chi connectivity index (χ2n) is 15.2. The topological polar surface area (TPSA) is 105 Å². The molecule has 6 nitrogen and oxygen atoms in total. The SMILES string of the molecule is CCCCC(CC)(COC(C(N)=O)(C1CCCCC1)C1CCCCC1)COC(C(N)=O)(C1CCCCC1)C1CCCCC1. The maximum atomic E-state index is 13.7. The van der Waals surface area contributed by atoms with Crippen LogP contribution in [0.2, 0.25) is 0 Å². The average Bonchev–Trinajstić information content (AvgIpc) is 3.05. The van der Waals surface area contributed by atoms with E-state index in [1.165, 1.54) is 25.7 Å². The monoisotopic (exact) mass is 603 g/mol. The van der Waals surface area contributed by atoms with Gasteiger partial charge in [0.2, 0.25) is 11.8 Å². The van der Waals surface area contributed by atoms with Crippen molar-refractivity contribution in [3.8, 4) is 0 Å². The van der Waals surface area contributed by atoms with Gasteiger partial charge in [0.1, 0.15) is 0 Å². The third kappa shape index (κ3) is 7.81. The second-order valence-corrected chi connectivity index (χ2v) is 15.2. The van der Waals surface area contributed by atoms with E-state index in [1.807, 2.05) is 0 Å². The number of nitrogens with two attached hydrogens (primary N) is 2. The first kappa shape index (κ1) is 34.7. The molecule has 4 aliphatic carbocycles. The number of carbonyl (C=O) groups excluding carboxylic acids is 2. The predicted octanol–water partition coefficient (Wildman–Crippen LogP) is 8.38. The van der Waals surface area contributed by atoms with Crippen LogP contribution in [-0.4, -0.2) is 36.2 Å². The molecule has 0 aromatic rings. The lowest BCUT2D eigenvalue weighted by Crippen LogP contribution is -2.61. The summed E-state index contributed by atoms with van der Waals surface area (Å²) in [5, 5.41) is 0. The number of rotatable bonds is 16. The van der Waals surface area contributed by atoms with Crippen molar-refractivity contribution >= 4 is 11.8 Å². The van der Waals surface area contributed by atoms with Crippen LogP contribution in [0.5, 0.6) is 0 Å². The Bertz CT molecular complexity index is 753. The van der Waals surface area contributed by atoms with Crippen LogP contribution < -0.4 is 11.5 Å². The molecule has 0 bridgehead atoms. The Labute approximate surface area is 263 Å². The maximum Gasteiger partial charge on any atom is 0.250 e. The Morgan fingerprint density at radius 3 is 1.09 bits per heavy atom. The molecule has 0 aliphatic heterocycles. The molecule has 6 heteroatoms. The molecule has 4 N–H and O–H groups in total. The van der Waals surface area contributed by atoms with Crippen LogP contribution in [0.1, 0.15) is 168 Å². The first-order valence-corrected chi connectivity index (χ1v) is 18.7. The predicted molar refractivity (Wildman–Crippen MR) is 174 cm³/mol. The van der Waals surface area contributed by atoms with Crippen molar-refractivity contribution in [3.63, 3.8) is 0 Å². The highest BCUT2D eigenvalue weighted by Crippen LogP contribution is 2.49. The third-order valence-electron chi connectivity index (χ3n) is 12.7. The number of primary amides is 2. The zero-order valence-electron chi connectivity index (χ0n) is 28.0. The summed E-state index contributed by atoms with van der Waals surface area (Å²) < 4.78 is 14.3. The zero-order valence-corrected chi connectivity index (χ0v) is 28.0. The lowest BCUT2D eigenvalue weighted by atomic mass is 9.65. The van der Waals surface area contributed by atoms with Gasteiger partial charge in [0.25, 0.3) is 0 Å². The molecule has 0 radical (unpaired) electrons. The van der Waals surface area contributed by atoms with Gasteiger partial charge in [-0.05, 0) is 87.9 Å². The van der Waals surface area contributed by atoms with Crippen LogP contribution >= 0.6 is 0 Å². The summed E-state index contributed by atoms with van der Waals surface area (Å²) in [7, 11) is 0. The summed E-state index contributed by atoms with van der Waals surface area (Å²) in [5.41, 5.74) is 10.8. The van der Waals surface area contributed by atoms with Gasteiger partial charge in [-0.25, -0.2) is 0 Å². The van der Waals surface area contributed by atoms with Crippen LogP contribution in [0.4, 0.5) is 0 Å². The standard InChI is InChI=1S/C37H66N2O4/c1-3-5-26-35(4-2,27-42-36(33(38)40,29-18-10-6-11-19-29)30-20-12-7-13-21-30)28-43-37(34(39)41,31-22-14-8-15-23-31)32-24-16-9-17-25-32/h29-32H,3-28H2,1-2H3,(H2,38,40)(H2,39,41). The summed E-state index contributed by atoms with van der Waals surface area (Å²) in [6, 6.07) is 0. The van der Waals surface area contributed by atoms with Crippen molar-refractivity contribution in [3.05, 3.63) is 0 Å². The number of unbranched alkanes of at least 4 members (excludes halogenated alkanes) is 1. The Kier molecular flexibility index (Phi) is 13.3. The van der Waals surface area contributed by atoms with Crippen LogP contribution in [0.15, 0.2) is 0 Å². The minimum absolute atomic E-state index is 0.192. The van der Waals surface area contributed by atoms with Gasteiger partial charge >= 0.3 is 0 Å². The van der Waals surface area contributed by atoms with Crippen LogP contribution in [-0.2, 0) is 19.1 Å². The highest BCUT2D eigenvalue weighted by Gasteiger charge is 2.55. The molecule has 4 rings (SSSR count). The van der Waals surface area contributed by atoms with E-state index in [1.54, 1.807) is 0 Å². The quantitative estimate of drug-likeness (QED) is 0.185. The average molecular weight is 603 g/mol. The molecule has 4 fully saturated rings. The summed E-state index contributed by atoms with van der Waals surface area (Å²) in [6.07, 6.45) is 26.3. The number of hydrogen-bond donors (Lipinski definition) is 2. The molecule has 0 spiro atoms. The smallest absolute Gasteiger partial charge is 0.250 e. The van der Waals surface area contributed by atoms with Gasteiger partial charge in [-0.3, -0.25) is 9.59 Å². The van der Waals surface area contributed by atoms with Crippen molar-refractivity contribution in [1.82, 2.24) is 0 Å². The van der Waals surface area contributed by atoms with Crippen molar-refractivity contribution in [2.24, 2.45) is 40.6 Å². The Balaban J connectivity index is 1.65. The molecule has 248 valence electrons. The van der Waals surface area contributed by atoms with Gasteiger partial charge < -0.3 is 20.9 Å². The van der Waals surface area contributed by atoms with Gasteiger partial charge in [0.05, 0.1) is 13.2 Å². The summed E-state index contributed by atoms with van der Waals surface area (Å²) >= 11 is 0. The van der Waals surface area contributed by atoms with Crippen molar-refractivity contribution < 1.29 is 19.1 Å². The van der Waals surface area contributed by atoms with Gasteiger partial charge in [0, 0.05) is 5.41 Å². The van der Waals surface area contributed by atoms with Crippen molar-refractivity contribution in [1.29, 1.82) is 0 Å². The minimum Gasteiger partial charge on any atom is -0.367 e. The lowest BCUT2D eigenvalue weighted by Gasteiger charge is -2.50. The van der Waals surface area contributed by atoms with Crippen molar-refractivity contribution in [2.75, 3.05) is 13.2 Å². The van der Waals surface area contributed by atoms with Crippen LogP contribution in [0.3, 0.4) is 0 Å². The highest BCUT2D eigenvalue weighted by molar-refractivity contribution is 5.85. The molecule has 0 atom stereocenters. The Morgan fingerprint density at radius 1 is 0.558 bits per heavy atom. The van der Waals surface area contributed by atoms with E-state index in [0.717, 1.165) is 128 Å². The van der Waals surface area contributed by atoms with E-state index in [0.29, 0.717) is 13.2 Å². The number of amides is 2. The molecule has 43 heavy (non-hydrogen) atoms. The van der Waals surface area contributed by atoms with Gasteiger partial charge in [0.15, 0.2) is 11.2 Å². The van der Waals surface area contributed by atoms with E-state index in [-0.39, 0.29) is 40.9 Å². The summed E-state index contributed by atoms with van der Waals surface area (Å²) in [5.74, 6) is 0.276. The van der Waals surface area contributed by atoms with Gasteiger partial charge in [-0.1, -0.05) is 104 Å². The van der Waals surface area contributed by atoms with E-state index in [2.05, 4.69) is 13.8 Å². The van der Waals surface area contributed by atoms with E-state index in [4.69, 9.17) is 20.9 Å². The Hall–Kier alpha value is -1.14. The summed E-state index contributed by atoms with van der Waals surface area (Å²) in [4.78, 5) is 27.3. The third-order valence-corrected chi connectivity index (χ3v) is 12.7. The molecule has 4 aliphatic rings. The van der Waals surface area contributed by atoms with Crippen LogP contribution in [0.25, 0.3) is 0 Å². The first-order chi connectivity index (χ1) is 20.8. The fourth-order valence-electron chi connectivity index (χ4n) is 9.87. The fraction of sp³-hybridized carbons (Fsp3) is 0.946. The Morgan fingerprint density at radius 2 is 0.860 bits per heavy atom. The van der Waals surface area contributed by atoms with Gasteiger partial charge in [-0.2, -0.15) is 0 Å². The molecule has 0 heterocycles. The second kappa shape index (κ2) is 16.4. The fourth-order valence-corrected chi connectivity index (χ4v) is 9.87. The molecular weight excluding hydrogens is 536 g/mol. The number of carbonyl (C=O) groups is 2. The molecule has 0 aromatic heterocycles. The van der Waals surface area contributed by atoms with E-state index in [9.17, 15) is 9.59 Å². The minimum atomic E-state index is -0.902. The zero-order chi connectivity index (χ0) is 30.8. The number of ether oxygens (including phenoxy) is 2. The lowest BCUT2D eigenvalue weighted by molar-refractivity contribution is -0.202. The molecule has 2 amide bonds. The van der Waals surface area contributed by atoms with E-state index < -0.39 is 11.2 Å². The van der Waals surface area contributed by atoms with Gasteiger partial charge in [-0.15, -0.1) is 0 Å².